The molecule has 0 amide bonds. The Kier molecular flexibility index (Phi) is 6.96. The second-order valence-electron chi connectivity index (χ2n) is 8.13. The van der Waals surface area contributed by atoms with Gasteiger partial charge in [0.25, 0.3) is 0 Å². The zero-order valence-corrected chi connectivity index (χ0v) is 18.3. The summed E-state index contributed by atoms with van der Waals surface area (Å²) in [6, 6.07) is 9.73. The number of benzene rings is 2. The number of nitrogens with zero attached hydrogens (tertiary/aromatic N) is 4. The Hall–Kier alpha value is -3.04. The average Bonchev–Trinajstić information content (AvgIpc) is 3.20. The number of hydrogen-bond donors (Lipinski definition) is 2. The molecule has 1 unspecified atom stereocenters. The molecule has 170 valence electrons. The third kappa shape index (κ3) is 5.80. The second-order valence-corrected chi connectivity index (χ2v) is 8.13. The highest BCUT2D eigenvalue weighted by atomic mass is 19.1. The molecule has 4 rings (SSSR count). The quantitative estimate of drug-likeness (QED) is 0.547. The fourth-order valence-electron chi connectivity index (χ4n) is 4.02. The minimum atomic E-state index is -0.664. The number of piperidine rings is 1. The van der Waals surface area contributed by atoms with E-state index >= 15 is 0 Å². The molecule has 7 nitrogen and oxygen atoms in total. The number of rotatable bonds is 8. The molecule has 9 heteroatoms. The number of halogens is 2. The van der Waals surface area contributed by atoms with E-state index in [2.05, 4.69) is 31.7 Å². The maximum absolute atomic E-state index is 13.5. The lowest BCUT2D eigenvalue weighted by Gasteiger charge is -2.33. The molecule has 0 bridgehead atoms. The fourth-order valence-corrected chi connectivity index (χ4v) is 4.02. The van der Waals surface area contributed by atoms with Gasteiger partial charge in [0.15, 0.2) is 0 Å². The summed E-state index contributed by atoms with van der Waals surface area (Å²) < 4.78 is 33.5. The topological polar surface area (TPSA) is 67.2 Å². The molecule has 2 aromatic carbocycles. The first-order valence-electron chi connectivity index (χ1n) is 10.7. The van der Waals surface area contributed by atoms with Crippen molar-refractivity contribution < 1.29 is 13.5 Å². The number of anilines is 3. The first kappa shape index (κ1) is 22.2. The van der Waals surface area contributed by atoms with Gasteiger partial charge in [0.05, 0.1) is 12.3 Å². The standard InChI is InChI=1S/C23H28F2N6O/c1-16-8-20(27-19-4-3-5-30(14-19)6-7-32-2)13-21(9-16)28-23-26-15-31(29-23)22-11-17(24)10-18(25)12-22/h8-13,15,19,27H,3-7,14H2,1-2H3,(H,28,29). The molecule has 3 aromatic rings. The van der Waals surface area contributed by atoms with Crippen molar-refractivity contribution in [2.45, 2.75) is 25.8 Å². The summed E-state index contributed by atoms with van der Waals surface area (Å²) in [5.74, 6) is -0.986. The predicted molar refractivity (Wildman–Crippen MR) is 121 cm³/mol. The van der Waals surface area contributed by atoms with Crippen molar-refractivity contribution in [2.75, 3.05) is 44.0 Å². The van der Waals surface area contributed by atoms with Gasteiger partial charge < -0.3 is 15.4 Å². The van der Waals surface area contributed by atoms with Crippen molar-refractivity contribution in [1.29, 1.82) is 0 Å². The van der Waals surface area contributed by atoms with Crippen molar-refractivity contribution in [3.05, 3.63) is 59.9 Å². The molecular weight excluding hydrogens is 414 g/mol. The van der Waals surface area contributed by atoms with Gasteiger partial charge in [0, 0.05) is 43.7 Å². The molecule has 1 aromatic heterocycles. The third-order valence-corrected chi connectivity index (χ3v) is 5.43. The molecule has 1 fully saturated rings. The molecule has 1 atom stereocenters. The van der Waals surface area contributed by atoms with Crippen LogP contribution in [0.25, 0.3) is 5.69 Å². The minimum Gasteiger partial charge on any atom is -0.383 e. The lowest BCUT2D eigenvalue weighted by atomic mass is 10.0. The van der Waals surface area contributed by atoms with Crippen LogP contribution in [0.1, 0.15) is 18.4 Å². The maximum atomic E-state index is 13.5. The van der Waals surface area contributed by atoms with Crippen LogP contribution in [-0.2, 0) is 4.74 Å². The van der Waals surface area contributed by atoms with Crippen molar-refractivity contribution in [3.8, 4) is 5.69 Å². The van der Waals surface area contributed by atoms with E-state index in [1.54, 1.807) is 7.11 Å². The Balaban J connectivity index is 1.44. The van der Waals surface area contributed by atoms with Gasteiger partial charge in [-0.1, -0.05) is 0 Å². The monoisotopic (exact) mass is 442 g/mol. The largest absolute Gasteiger partial charge is 0.383 e. The van der Waals surface area contributed by atoms with E-state index in [-0.39, 0.29) is 5.69 Å². The third-order valence-electron chi connectivity index (χ3n) is 5.43. The van der Waals surface area contributed by atoms with Crippen LogP contribution in [-0.4, -0.2) is 59.1 Å². The fraction of sp³-hybridized carbons (Fsp3) is 0.391. The average molecular weight is 443 g/mol. The summed E-state index contributed by atoms with van der Waals surface area (Å²) in [6.07, 6.45) is 3.69. The zero-order valence-electron chi connectivity index (χ0n) is 18.3. The molecule has 2 heterocycles. The summed E-state index contributed by atoms with van der Waals surface area (Å²) in [6.45, 7) is 5.80. The van der Waals surface area contributed by atoms with Crippen LogP contribution in [0.3, 0.4) is 0 Å². The van der Waals surface area contributed by atoms with Crippen molar-refractivity contribution in [1.82, 2.24) is 19.7 Å². The predicted octanol–water partition coefficient (Wildman–Crippen LogP) is 4.12. The Morgan fingerprint density at radius 3 is 2.66 bits per heavy atom. The molecule has 0 saturated carbocycles. The van der Waals surface area contributed by atoms with E-state index in [0.717, 1.165) is 62.1 Å². The Labute approximate surface area is 186 Å². The van der Waals surface area contributed by atoms with Crippen molar-refractivity contribution in [2.24, 2.45) is 0 Å². The van der Waals surface area contributed by atoms with Crippen molar-refractivity contribution >= 4 is 17.3 Å². The van der Waals surface area contributed by atoms with Gasteiger partial charge in [-0.3, -0.25) is 4.90 Å². The summed E-state index contributed by atoms with van der Waals surface area (Å²) in [5.41, 5.74) is 3.22. The van der Waals surface area contributed by atoms with E-state index in [1.807, 2.05) is 19.1 Å². The highest BCUT2D eigenvalue weighted by Gasteiger charge is 2.19. The normalized spacial score (nSPS) is 16.8. The molecule has 2 N–H and O–H groups in total. The van der Waals surface area contributed by atoms with E-state index in [4.69, 9.17) is 4.74 Å². The Morgan fingerprint density at radius 2 is 1.88 bits per heavy atom. The van der Waals surface area contributed by atoms with Crippen LogP contribution < -0.4 is 10.6 Å². The highest BCUT2D eigenvalue weighted by molar-refractivity contribution is 5.63. The van der Waals surface area contributed by atoms with Gasteiger partial charge in [0.1, 0.15) is 18.0 Å². The van der Waals surface area contributed by atoms with Crippen LogP contribution in [0, 0.1) is 18.6 Å². The number of methoxy groups -OCH3 is 1. The van der Waals surface area contributed by atoms with Gasteiger partial charge >= 0.3 is 0 Å². The number of nitrogens with one attached hydrogen (secondary N) is 2. The SMILES string of the molecule is COCCN1CCCC(Nc2cc(C)cc(Nc3ncn(-c4cc(F)cc(F)c4)n3)c2)C1. The number of likely N-dealkylation sites (tertiary alicyclic amines) is 1. The summed E-state index contributed by atoms with van der Waals surface area (Å²) in [5, 5.41) is 11.1. The van der Waals surface area contributed by atoms with Gasteiger partial charge in [0.2, 0.25) is 5.95 Å². The number of aromatic nitrogens is 3. The van der Waals surface area contributed by atoms with Crippen LogP contribution >= 0.6 is 0 Å². The van der Waals surface area contributed by atoms with Crippen LogP contribution in [0.15, 0.2) is 42.7 Å². The van der Waals surface area contributed by atoms with Crippen LogP contribution in [0.4, 0.5) is 26.1 Å². The molecule has 1 aliphatic rings. The van der Waals surface area contributed by atoms with Gasteiger partial charge in [-0.25, -0.2) is 13.5 Å². The zero-order chi connectivity index (χ0) is 22.5. The molecule has 32 heavy (non-hydrogen) atoms. The summed E-state index contributed by atoms with van der Waals surface area (Å²) in [7, 11) is 1.73. The summed E-state index contributed by atoms with van der Waals surface area (Å²) in [4.78, 5) is 6.64. The van der Waals surface area contributed by atoms with Gasteiger partial charge in [-0.2, -0.15) is 4.98 Å². The molecule has 1 aliphatic heterocycles. The molecule has 0 aliphatic carbocycles. The van der Waals surface area contributed by atoms with E-state index < -0.39 is 11.6 Å². The first-order chi connectivity index (χ1) is 15.5. The van der Waals surface area contributed by atoms with Crippen LogP contribution in [0.2, 0.25) is 0 Å². The van der Waals surface area contributed by atoms with E-state index in [9.17, 15) is 8.78 Å². The lowest BCUT2D eigenvalue weighted by Crippen LogP contribution is -2.43. The number of hydrogen-bond acceptors (Lipinski definition) is 6. The molecule has 1 saturated heterocycles. The van der Waals surface area contributed by atoms with Crippen LogP contribution in [0.5, 0.6) is 0 Å². The summed E-state index contributed by atoms with van der Waals surface area (Å²) >= 11 is 0. The van der Waals surface area contributed by atoms with Gasteiger partial charge in [-0.05, 0) is 62.2 Å². The van der Waals surface area contributed by atoms with E-state index in [1.165, 1.54) is 23.1 Å². The molecule has 0 spiro atoms. The number of ether oxygens (including phenoxy) is 1. The number of aryl methyl sites for hydroxylation is 1. The minimum absolute atomic E-state index is 0.268. The lowest BCUT2D eigenvalue weighted by molar-refractivity contribution is 0.131. The Bertz CT molecular complexity index is 1040. The highest BCUT2D eigenvalue weighted by Crippen LogP contribution is 2.24. The molecular formula is C23H28F2N6O. The smallest absolute Gasteiger partial charge is 0.246 e. The van der Waals surface area contributed by atoms with Gasteiger partial charge in [-0.15, -0.1) is 5.10 Å². The van der Waals surface area contributed by atoms with E-state index in [0.29, 0.717) is 12.0 Å². The molecule has 0 radical (unpaired) electrons. The Morgan fingerprint density at radius 1 is 1.09 bits per heavy atom. The van der Waals surface area contributed by atoms with Crippen molar-refractivity contribution in [3.63, 3.8) is 0 Å². The maximum Gasteiger partial charge on any atom is 0.246 e. The second kappa shape index (κ2) is 10.1. The first-order valence-corrected chi connectivity index (χ1v) is 10.7.